The maximum absolute atomic E-state index is 13.0. The van der Waals surface area contributed by atoms with Crippen molar-refractivity contribution in [3.05, 3.63) is 31.3 Å². The fourth-order valence-electron chi connectivity index (χ4n) is 3.18. The predicted molar refractivity (Wildman–Crippen MR) is 111 cm³/mol. The molecule has 1 N–H and O–H groups in total. The number of thiophene rings is 1. The van der Waals surface area contributed by atoms with Crippen molar-refractivity contribution >= 4 is 33.9 Å². The lowest BCUT2D eigenvalue weighted by Gasteiger charge is -2.18. The first kappa shape index (κ1) is 20.3. The molecule has 2 aromatic rings. The van der Waals surface area contributed by atoms with Crippen LogP contribution in [0.2, 0.25) is 0 Å². The molecule has 28 heavy (non-hydrogen) atoms. The average Bonchev–Trinajstić information content (AvgIpc) is 3.18. The first-order valence-corrected chi connectivity index (χ1v) is 10.2. The third kappa shape index (κ3) is 3.76. The molecule has 1 aliphatic carbocycles. The van der Waals surface area contributed by atoms with E-state index in [1.54, 1.807) is 25.3 Å². The summed E-state index contributed by atoms with van der Waals surface area (Å²) in [7, 11) is 0. The number of ether oxygens (including phenoxy) is 1. The molecule has 1 amide bonds. The molecule has 0 radical (unpaired) electrons. The zero-order chi connectivity index (χ0) is 20.8. The fourth-order valence-corrected chi connectivity index (χ4v) is 4.41. The Morgan fingerprint density at radius 3 is 2.57 bits per heavy atom. The second-order valence-electron chi connectivity index (χ2n) is 8.13. The van der Waals surface area contributed by atoms with Crippen molar-refractivity contribution in [2.24, 2.45) is 11.0 Å². The molecule has 2 aromatic heterocycles. The molecule has 0 bridgehead atoms. The van der Waals surface area contributed by atoms with Crippen LogP contribution in [0.5, 0.6) is 0 Å². The van der Waals surface area contributed by atoms with Gasteiger partial charge in [-0.3, -0.25) is 13.9 Å². The van der Waals surface area contributed by atoms with E-state index in [0.717, 1.165) is 12.0 Å². The van der Waals surface area contributed by atoms with E-state index in [1.807, 2.05) is 20.8 Å². The Bertz CT molecular complexity index is 1070. The summed E-state index contributed by atoms with van der Waals surface area (Å²) in [5.41, 5.74) is 1.96. The van der Waals surface area contributed by atoms with Gasteiger partial charge in [-0.25, -0.2) is 15.0 Å². The Morgan fingerprint density at radius 2 is 2.04 bits per heavy atom. The highest BCUT2D eigenvalue weighted by Crippen LogP contribution is 2.41. The van der Waals surface area contributed by atoms with E-state index in [9.17, 15) is 14.4 Å². The minimum atomic E-state index is -0.655. The topological polar surface area (TPSA) is 94.7 Å². The van der Waals surface area contributed by atoms with Gasteiger partial charge in [-0.1, -0.05) is 6.92 Å². The van der Waals surface area contributed by atoms with Crippen molar-refractivity contribution in [3.8, 4) is 0 Å². The van der Waals surface area contributed by atoms with E-state index >= 15 is 0 Å². The van der Waals surface area contributed by atoms with Gasteiger partial charge < -0.3 is 4.74 Å². The van der Waals surface area contributed by atoms with Gasteiger partial charge in [0.15, 0.2) is 0 Å². The Balaban J connectivity index is 2.00. The summed E-state index contributed by atoms with van der Waals surface area (Å²) in [6.45, 7) is 11.5. The molecule has 0 unspecified atom stereocenters. The van der Waals surface area contributed by atoms with Crippen molar-refractivity contribution in [2.75, 3.05) is 0 Å². The number of nitrogens with zero attached hydrogens (tertiary/aromatic N) is 3. The Morgan fingerprint density at radius 1 is 1.39 bits per heavy atom. The Kier molecular flexibility index (Phi) is 5.22. The highest BCUT2D eigenvalue weighted by atomic mass is 32.1. The van der Waals surface area contributed by atoms with Crippen LogP contribution in [0.25, 0.3) is 10.2 Å². The van der Waals surface area contributed by atoms with E-state index in [0.29, 0.717) is 27.6 Å². The van der Waals surface area contributed by atoms with Gasteiger partial charge in [0.25, 0.3) is 5.56 Å². The lowest BCUT2D eigenvalue weighted by Crippen LogP contribution is -2.39. The zero-order valence-electron chi connectivity index (χ0n) is 17.0. The predicted octanol–water partition coefficient (Wildman–Crippen LogP) is 2.99. The van der Waals surface area contributed by atoms with Crippen molar-refractivity contribution in [2.45, 2.75) is 66.2 Å². The number of hydrazone groups is 1. The van der Waals surface area contributed by atoms with Crippen LogP contribution in [0.3, 0.4) is 0 Å². The van der Waals surface area contributed by atoms with Gasteiger partial charge in [0.1, 0.15) is 10.4 Å². The molecule has 152 valence electrons. The van der Waals surface area contributed by atoms with Crippen molar-refractivity contribution < 1.29 is 9.53 Å². The summed E-state index contributed by atoms with van der Waals surface area (Å²) in [6, 6.07) is -0.0209. The lowest BCUT2D eigenvalue weighted by molar-refractivity contribution is 0.0529. The molecule has 1 fully saturated rings. The third-order valence-corrected chi connectivity index (χ3v) is 5.98. The van der Waals surface area contributed by atoms with Gasteiger partial charge in [-0.2, -0.15) is 5.10 Å². The van der Waals surface area contributed by atoms with Crippen LogP contribution in [-0.4, -0.2) is 27.0 Å². The maximum atomic E-state index is 13.0. The van der Waals surface area contributed by atoms with Crippen LogP contribution in [-0.2, 0) is 11.3 Å². The number of aromatic nitrogens is 2. The first-order valence-electron chi connectivity index (χ1n) is 9.35. The highest BCUT2D eigenvalue weighted by Gasteiger charge is 2.38. The van der Waals surface area contributed by atoms with E-state index in [4.69, 9.17) is 4.74 Å². The SMILES string of the molecule is CCn1c(=O)n([C@H]2C[C@@H]2C)c(=O)c2c(C)c(C=NNC(=O)OC(C)(C)C)sc21. The molecule has 2 atom stereocenters. The first-order chi connectivity index (χ1) is 13.0. The number of amides is 1. The van der Waals surface area contributed by atoms with Gasteiger partial charge in [0.05, 0.1) is 16.5 Å². The van der Waals surface area contributed by atoms with Gasteiger partial charge in [-0.15, -0.1) is 11.3 Å². The van der Waals surface area contributed by atoms with Gasteiger partial charge >= 0.3 is 11.8 Å². The molecule has 3 rings (SSSR count). The largest absolute Gasteiger partial charge is 0.443 e. The smallest absolute Gasteiger partial charge is 0.428 e. The monoisotopic (exact) mass is 406 g/mol. The second kappa shape index (κ2) is 7.20. The summed E-state index contributed by atoms with van der Waals surface area (Å²) < 4.78 is 8.17. The minimum absolute atomic E-state index is 0.0209. The fraction of sp³-hybridized carbons (Fsp3) is 0.579. The van der Waals surface area contributed by atoms with E-state index in [1.165, 1.54) is 22.1 Å². The number of hydrogen-bond acceptors (Lipinski definition) is 6. The molecule has 9 heteroatoms. The molecule has 0 spiro atoms. The maximum Gasteiger partial charge on any atom is 0.428 e. The zero-order valence-corrected chi connectivity index (χ0v) is 17.8. The van der Waals surface area contributed by atoms with Crippen molar-refractivity contribution in [3.63, 3.8) is 0 Å². The lowest BCUT2D eigenvalue weighted by atomic mass is 10.2. The van der Waals surface area contributed by atoms with E-state index < -0.39 is 11.7 Å². The summed E-state index contributed by atoms with van der Waals surface area (Å²) in [4.78, 5) is 39.0. The van der Waals surface area contributed by atoms with Gasteiger partial charge in [-0.05, 0) is 52.5 Å². The number of rotatable bonds is 4. The molecule has 1 aliphatic rings. The minimum Gasteiger partial charge on any atom is -0.443 e. The molecule has 0 saturated heterocycles. The molecule has 1 saturated carbocycles. The standard InChI is InChI=1S/C19H26N4O4S/c1-7-22-16-14(15(24)23(18(22)26)12-8-10(12)2)11(3)13(28-16)9-20-21-17(25)27-19(4,5)6/h9-10,12H,7-8H2,1-6H3,(H,21,25)/t10-,12-/m0/s1. The molecule has 0 aromatic carbocycles. The van der Waals surface area contributed by atoms with Crippen LogP contribution < -0.4 is 16.7 Å². The van der Waals surface area contributed by atoms with Crippen molar-refractivity contribution in [1.82, 2.24) is 14.6 Å². The second-order valence-corrected chi connectivity index (χ2v) is 9.16. The number of carbonyl (C=O) groups excluding carboxylic acids is 1. The molecule has 8 nitrogen and oxygen atoms in total. The third-order valence-electron chi connectivity index (χ3n) is 4.73. The average molecular weight is 407 g/mol. The number of nitrogens with one attached hydrogen (secondary N) is 1. The summed E-state index contributed by atoms with van der Waals surface area (Å²) in [6.07, 6.45) is 1.68. The summed E-state index contributed by atoms with van der Waals surface area (Å²) in [5.74, 6) is 0.339. The van der Waals surface area contributed by atoms with Gasteiger partial charge in [0.2, 0.25) is 0 Å². The van der Waals surface area contributed by atoms with Crippen LogP contribution in [0.1, 0.15) is 57.5 Å². The van der Waals surface area contributed by atoms with Crippen LogP contribution in [0, 0.1) is 12.8 Å². The highest BCUT2D eigenvalue weighted by molar-refractivity contribution is 7.20. The molecular weight excluding hydrogens is 380 g/mol. The number of hydrogen-bond donors (Lipinski definition) is 1. The van der Waals surface area contributed by atoms with E-state index in [2.05, 4.69) is 10.5 Å². The van der Waals surface area contributed by atoms with Crippen LogP contribution in [0.15, 0.2) is 14.7 Å². The summed E-state index contributed by atoms with van der Waals surface area (Å²) >= 11 is 1.32. The number of carbonyl (C=O) groups is 1. The normalized spacial score (nSPS) is 19.4. The molecule has 0 aliphatic heterocycles. The Hall–Kier alpha value is -2.42. The number of fused-ring (bicyclic) bond motifs is 1. The molecule has 2 heterocycles. The Labute approximate surface area is 166 Å². The quantitative estimate of drug-likeness (QED) is 0.624. The van der Waals surface area contributed by atoms with E-state index in [-0.39, 0.29) is 17.3 Å². The van der Waals surface area contributed by atoms with Crippen LogP contribution in [0.4, 0.5) is 4.79 Å². The molecular formula is C19H26N4O4S. The van der Waals surface area contributed by atoms with Crippen molar-refractivity contribution in [1.29, 1.82) is 0 Å². The van der Waals surface area contributed by atoms with Gasteiger partial charge in [0, 0.05) is 12.6 Å². The summed E-state index contributed by atoms with van der Waals surface area (Å²) in [5, 5.41) is 4.48. The van der Waals surface area contributed by atoms with Crippen LogP contribution >= 0.6 is 11.3 Å². The number of aryl methyl sites for hydroxylation is 2.